The van der Waals surface area contributed by atoms with Gasteiger partial charge in [0.15, 0.2) is 5.72 Å². The van der Waals surface area contributed by atoms with Gasteiger partial charge in [0, 0.05) is 45.2 Å². The molecule has 2 saturated heterocycles. The van der Waals surface area contributed by atoms with Crippen molar-refractivity contribution in [1.29, 1.82) is 0 Å². The summed E-state index contributed by atoms with van der Waals surface area (Å²) >= 11 is 11.2. The third kappa shape index (κ3) is 8.68. The smallest absolute Gasteiger partial charge is 0.409 e. The number of hydrogen-bond donors (Lipinski definition) is 3. The number of nitrogens with zero attached hydrogens (tertiary/aromatic N) is 2. The van der Waals surface area contributed by atoms with Gasteiger partial charge in [0.1, 0.15) is 40.2 Å². The average Bonchev–Trinajstić information content (AvgIpc) is 3.02. The maximum absolute atomic E-state index is 14.6. The van der Waals surface area contributed by atoms with Crippen molar-refractivity contribution in [2.75, 3.05) is 33.2 Å². The number of carbonyl (C=O) groups is 4. The standard InChI is InChI=1S/C36H50ClN3O10S/c1-20-12-11-13-25(47-10)36(45)17-26(48-32(44)38-36)34(5)19-35(6,50-34)29(49-31(43)21(2)39(7)27(41)18-33(3,4)51)30(42)40(8)23-15-22(14-20)16-24(46-9)28(23)37/h11-13,15-16,21,25-26,29,45,51H,14,17-19H2,1-10H3,(H,38,44)/b13-11+,20-12+. The number of esters is 1. The minimum absolute atomic E-state index is 0.0564. The molecule has 7 unspecified atom stereocenters. The number of methoxy groups -OCH3 is 2. The van der Waals surface area contributed by atoms with Gasteiger partial charge in [-0.3, -0.25) is 14.9 Å². The van der Waals surface area contributed by atoms with Crippen molar-refractivity contribution in [2.45, 2.75) is 113 Å². The van der Waals surface area contributed by atoms with Gasteiger partial charge in [-0.25, -0.2) is 9.59 Å². The van der Waals surface area contributed by atoms with E-state index in [4.69, 9.17) is 35.3 Å². The first-order valence-corrected chi connectivity index (χ1v) is 17.5. The molecule has 5 rings (SSSR count). The third-order valence-electron chi connectivity index (χ3n) is 9.69. The molecule has 51 heavy (non-hydrogen) atoms. The number of halogens is 1. The van der Waals surface area contributed by atoms with E-state index in [0.29, 0.717) is 17.9 Å². The van der Waals surface area contributed by atoms with E-state index in [0.717, 1.165) is 11.1 Å². The molecule has 3 amide bonds. The molecule has 13 nitrogen and oxygen atoms in total. The Labute approximate surface area is 310 Å². The van der Waals surface area contributed by atoms with Crippen molar-refractivity contribution >= 4 is 53.8 Å². The number of benzene rings is 1. The van der Waals surface area contributed by atoms with Gasteiger partial charge in [-0.15, -0.1) is 0 Å². The second-order valence-electron chi connectivity index (χ2n) is 14.8. The largest absolute Gasteiger partial charge is 0.495 e. The highest BCUT2D eigenvalue weighted by atomic mass is 35.5. The van der Waals surface area contributed by atoms with E-state index in [1.807, 2.05) is 13.0 Å². The van der Waals surface area contributed by atoms with Crippen LogP contribution in [0, 0.1) is 0 Å². The zero-order valence-electron chi connectivity index (χ0n) is 30.9. The Morgan fingerprint density at radius 1 is 1.24 bits per heavy atom. The number of carbonyl (C=O) groups excluding carboxylic acids is 4. The van der Waals surface area contributed by atoms with Crippen LogP contribution in [0.1, 0.15) is 66.4 Å². The lowest BCUT2D eigenvalue weighted by Crippen LogP contribution is -2.74. The third-order valence-corrected chi connectivity index (χ3v) is 10.2. The van der Waals surface area contributed by atoms with Gasteiger partial charge in [-0.2, -0.15) is 12.6 Å². The van der Waals surface area contributed by atoms with E-state index in [2.05, 4.69) is 17.9 Å². The summed E-state index contributed by atoms with van der Waals surface area (Å²) in [6.07, 6.45) is 1.25. The molecular formula is C36H50ClN3O10S. The summed E-state index contributed by atoms with van der Waals surface area (Å²) in [5.41, 5.74) is -2.55. The number of amides is 3. The zero-order chi connectivity index (χ0) is 38.3. The number of allylic oxidation sites excluding steroid dienone is 3. The van der Waals surface area contributed by atoms with Crippen molar-refractivity contribution in [3.63, 3.8) is 0 Å². The number of nitrogens with one attached hydrogen (secondary N) is 1. The topological polar surface area (TPSA) is 153 Å². The fraction of sp³-hybridized carbons (Fsp3) is 0.611. The van der Waals surface area contributed by atoms with Crippen LogP contribution in [0.15, 0.2) is 35.9 Å². The molecule has 0 aliphatic carbocycles. The van der Waals surface area contributed by atoms with Crippen LogP contribution in [0.4, 0.5) is 10.5 Å². The number of aliphatic hydroxyl groups is 1. The minimum atomic E-state index is -1.87. The van der Waals surface area contributed by atoms with Crippen LogP contribution in [-0.2, 0) is 39.8 Å². The van der Waals surface area contributed by atoms with Crippen LogP contribution in [0.3, 0.4) is 0 Å². The molecular weight excluding hydrogens is 702 g/mol. The number of likely N-dealkylation sites (N-methyl/N-ethyl adjacent to an activating group) is 2. The first-order valence-electron chi connectivity index (χ1n) is 16.7. The van der Waals surface area contributed by atoms with E-state index < -0.39 is 64.0 Å². The minimum Gasteiger partial charge on any atom is -0.495 e. The van der Waals surface area contributed by atoms with E-state index >= 15 is 0 Å². The van der Waals surface area contributed by atoms with E-state index in [1.165, 1.54) is 45.0 Å². The number of fused-ring (bicyclic) bond motifs is 5. The predicted octanol–water partition coefficient (Wildman–Crippen LogP) is 4.37. The molecule has 0 radical (unpaired) electrons. The number of anilines is 1. The van der Waals surface area contributed by atoms with Crippen molar-refractivity contribution < 1.29 is 48.0 Å². The summed E-state index contributed by atoms with van der Waals surface area (Å²) in [7, 11) is 5.87. The Morgan fingerprint density at radius 3 is 2.47 bits per heavy atom. The maximum Gasteiger partial charge on any atom is 0.409 e. The molecule has 4 aliphatic heterocycles. The van der Waals surface area contributed by atoms with Crippen molar-refractivity contribution in [3.05, 3.63) is 46.5 Å². The molecule has 1 aromatic rings. The van der Waals surface area contributed by atoms with Gasteiger partial charge in [0.05, 0.1) is 12.8 Å². The Morgan fingerprint density at radius 2 is 1.88 bits per heavy atom. The summed E-state index contributed by atoms with van der Waals surface area (Å²) in [6.45, 7) is 10.3. The summed E-state index contributed by atoms with van der Waals surface area (Å²) < 4.78 is 28.7. The van der Waals surface area contributed by atoms with Gasteiger partial charge >= 0.3 is 12.1 Å². The number of thiol groups is 1. The van der Waals surface area contributed by atoms with Crippen LogP contribution in [0.25, 0.3) is 0 Å². The Hall–Kier alpha value is -3.30. The normalized spacial score (nSPS) is 32.1. The molecule has 1 aromatic carbocycles. The van der Waals surface area contributed by atoms with Gasteiger partial charge in [-0.05, 0) is 51.8 Å². The average molecular weight is 752 g/mol. The van der Waals surface area contributed by atoms with Crippen LogP contribution in [0.5, 0.6) is 5.75 Å². The molecule has 4 aliphatic rings. The first-order chi connectivity index (χ1) is 23.6. The monoisotopic (exact) mass is 751 g/mol. The van der Waals surface area contributed by atoms with Crippen LogP contribution in [0.2, 0.25) is 5.02 Å². The SMILES string of the molecule is COc1cc2cc(c1Cl)N(C)C(=O)C(OC(=O)C(C)N(C)C(=O)CC(C)(C)S)C1(C)CC(C)(O1)C1CC(O)(NC(=O)O1)C(OC)/C=C/C=C(\C)C2. The molecule has 2 N–H and O–H groups in total. The lowest BCUT2D eigenvalue weighted by Gasteiger charge is -2.59. The molecule has 4 heterocycles. The fourth-order valence-electron chi connectivity index (χ4n) is 6.87. The van der Waals surface area contributed by atoms with Gasteiger partial charge in [0.25, 0.3) is 5.91 Å². The Balaban J connectivity index is 1.81. The van der Waals surface area contributed by atoms with Crippen molar-refractivity contribution in [3.8, 4) is 5.75 Å². The van der Waals surface area contributed by atoms with E-state index in [1.54, 1.807) is 52.0 Å². The molecule has 7 atom stereocenters. The summed E-state index contributed by atoms with van der Waals surface area (Å²) in [5.74, 6) is -1.51. The lowest BCUT2D eigenvalue weighted by molar-refractivity contribution is -0.324. The lowest BCUT2D eigenvalue weighted by atomic mass is 9.72. The maximum atomic E-state index is 14.6. The quantitative estimate of drug-likeness (QED) is 0.271. The highest BCUT2D eigenvalue weighted by Crippen LogP contribution is 2.50. The zero-order valence-corrected chi connectivity index (χ0v) is 32.5. The molecule has 0 spiro atoms. The Kier molecular flexibility index (Phi) is 11.9. The van der Waals surface area contributed by atoms with Crippen LogP contribution in [-0.4, -0.2) is 108 Å². The number of alkyl carbamates (subject to hydrolysis) is 1. The highest BCUT2D eigenvalue weighted by molar-refractivity contribution is 7.81. The molecule has 282 valence electrons. The first kappa shape index (κ1) is 40.5. The van der Waals surface area contributed by atoms with E-state index in [9.17, 15) is 24.3 Å². The number of ether oxygens (including phenoxy) is 5. The highest BCUT2D eigenvalue weighted by Gasteiger charge is 2.65. The number of hydrogen-bond acceptors (Lipinski definition) is 11. The Bertz CT molecular complexity index is 1600. The fourth-order valence-corrected chi connectivity index (χ4v) is 7.32. The molecule has 15 heteroatoms. The molecule has 0 saturated carbocycles. The molecule has 6 bridgehead atoms. The predicted molar refractivity (Wildman–Crippen MR) is 194 cm³/mol. The van der Waals surface area contributed by atoms with E-state index in [-0.39, 0.29) is 30.2 Å². The second kappa shape index (κ2) is 15.0. The summed E-state index contributed by atoms with van der Waals surface area (Å²) in [5, 5.41) is 14.4. The number of rotatable bonds is 7. The summed E-state index contributed by atoms with van der Waals surface area (Å²) in [4.78, 5) is 56.7. The van der Waals surface area contributed by atoms with Gasteiger partial charge in [0.2, 0.25) is 12.0 Å². The van der Waals surface area contributed by atoms with Crippen molar-refractivity contribution in [2.24, 2.45) is 0 Å². The van der Waals surface area contributed by atoms with Crippen LogP contribution >= 0.6 is 24.2 Å². The van der Waals surface area contributed by atoms with Crippen molar-refractivity contribution in [1.82, 2.24) is 10.2 Å². The molecule has 2 fully saturated rings. The second-order valence-corrected chi connectivity index (χ2v) is 16.4. The van der Waals surface area contributed by atoms with Gasteiger partial charge < -0.3 is 38.6 Å². The molecule has 0 aromatic heterocycles. The summed E-state index contributed by atoms with van der Waals surface area (Å²) in [6, 6.07) is 2.44. The van der Waals surface area contributed by atoms with Crippen LogP contribution < -0.4 is 15.0 Å². The van der Waals surface area contributed by atoms with Gasteiger partial charge in [-0.1, -0.05) is 49.2 Å².